The smallest absolute Gasteiger partial charge is 0.238 e. The van der Waals surface area contributed by atoms with Crippen molar-refractivity contribution in [3.63, 3.8) is 0 Å². The highest BCUT2D eigenvalue weighted by molar-refractivity contribution is 7.88. The molecule has 1 aromatic rings. The first-order valence-corrected chi connectivity index (χ1v) is 8.95. The molecular formula is C15H22N2O3S. The lowest BCUT2D eigenvalue weighted by atomic mass is 10.00. The zero-order chi connectivity index (χ0) is 15.6. The van der Waals surface area contributed by atoms with Crippen LogP contribution in [0.25, 0.3) is 0 Å². The topological polar surface area (TPSA) is 57.7 Å². The van der Waals surface area contributed by atoms with E-state index in [1.807, 2.05) is 18.2 Å². The Morgan fingerprint density at radius 2 is 1.90 bits per heavy atom. The zero-order valence-corrected chi connectivity index (χ0v) is 13.6. The van der Waals surface area contributed by atoms with Gasteiger partial charge in [-0.25, -0.2) is 8.42 Å². The van der Waals surface area contributed by atoms with E-state index < -0.39 is 10.0 Å². The number of amides is 1. The molecule has 0 unspecified atom stereocenters. The number of fused-ring (bicyclic) bond motifs is 1. The minimum atomic E-state index is -3.37. The summed E-state index contributed by atoms with van der Waals surface area (Å²) >= 11 is 0. The van der Waals surface area contributed by atoms with Gasteiger partial charge in [0.1, 0.15) is 0 Å². The van der Waals surface area contributed by atoms with Crippen LogP contribution < -0.4 is 0 Å². The normalized spacial score (nSPS) is 15.4. The molecule has 1 aliphatic heterocycles. The first kappa shape index (κ1) is 16.0. The van der Waals surface area contributed by atoms with E-state index in [0.717, 1.165) is 18.2 Å². The van der Waals surface area contributed by atoms with Crippen molar-refractivity contribution in [1.29, 1.82) is 0 Å². The lowest BCUT2D eigenvalue weighted by Gasteiger charge is -2.31. The van der Waals surface area contributed by atoms with Gasteiger partial charge in [0, 0.05) is 19.1 Å². The predicted molar refractivity (Wildman–Crippen MR) is 82.2 cm³/mol. The van der Waals surface area contributed by atoms with Crippen LogP contribution in [0.1, 0.15) is 25.0 Å². The SMILES string of the molecule is CC(C)N(CC(=O)N1CCc2ccccc2C1)S(C)(=O)=O. The van der Waals surface area contributed by atoms with Crippen LogP contribution in [0.2, 0.25) is 0 Å². The number of rotatable bonds is 4. The lowest BCUT2D eigenvalue weighted by Crippen LogP contribution is -2.46. The number of sulfonamides is 1. The van der Waals surface area contributed by atoms with Gasteiger partial charge < -0.3 is 4.90 Å². The molecular weight excluding hydrogens is 288 g/mol. The quantitative estimate of drug-likeness (QED) is 0.841. The second kappa shape index (κ2) is 6.15. The van der Waals surface area contributed by atoms with E-state index in [4.69, 9.17) is 0 Å². The van der Waals surface area contributed by atoms with Crippen LogP contribution in [-0.4, -0.2) is 48.9 Å². The maximum absolute atomic E-state index is 12.4. The summed E-state index contributed by atoms with van der Waals surface area (Å²) in [6.07, 6.45) is 1.97. The molecule has 0 N–H and O–H groups in total. The molecule has 21 heavy (non-hydrogen) atoms. The molecule has 6 heteroatoms. The fourth-order valence-corrected chi connectivity index (χ4v) is 3.74. The molecule has 0 bridgehead atoms. The average Bonchev–Trinajstić information content (AvgIpc) is 2.42. The fraction of sp³-hybridized carbons (Fsp3) is 0.533. The van der Waals surface area contributed by atoms with E-state index in [0.29, 0.717) is 13.1 Å². The molecule has 0 saturated heterocycles. The van der Waals surface area contributed by atoms with Crippen molar-refractivity contribution >= 4 is 15.9 Å². The number of benzene rings is 1. The lowest BCUT2D eigenvalue weighted by molar-refractivity contribution is -0.132. The number of carbonyl (C=O) groups is 1. The third kappa shape index (κ3) is 3.83. The van der Waals surface area contributed by atoms with Gasteiger partial charge in [0.2, 0.25) is 15.9 Å². The zero-order valence-electron chi connectivity index (χ0n) is 12.7. The highest BCUT2D eigenvalue weighted by Crippen LogP contribution is 2.19. The first-order valence-electron chi connectivity index (χ1n) is 7.10. The summed E-state index contributed by atoms with van der Waals surface area (Å²) in [4.78, 5) is 14.1. The summed E-state index contributed by atoms with van der Waals surface area (Å²) in [7, 11) is -3.37. The Morgan fingerprint density at radius 1 is 1.29 bits per heavy atom. The number of hydrogen-bond acceptors (Lipinski definition) is 3. The van der Waals surface area contributed by atoms with E-state index in [-0.39, 0.29) is 18.5 Å². The highest BCUT2D eigenvalue weighted by Gasteiger charge is 2.27. The molecule has 0 spiro atoms. The molecule has 1 heterocycles. The van der Waals surface area contributed by atoms with Crippen LogP contribution in [0.15, 0.2) is 24.3 Å². The summed E-state index contributed by atoms with van der Waals surface area (Å²) in [5, 5.41) is 0. The van der Waals surface area contributed by atoms with Crippen LogP contribution in [0.5, 0.6) is 0 Å². The van der Waals surface area contributed by atoms with Gasteiger partial charge in [-0.05, 0) is 31.4 Å². The highest BCUT2D eigenvalue weighted by atomic mass is 32.2. The second-order valence-electron chi connectivity index (χ2n) is 5.74. The van der Waals surface area contributed by atoms with Gasteiger partial charge in [-0.2, -0.15) is 4.31 Å². The van der Waals surface area contributed by atoms with E-state index >= 15 is 0 Å². The van der Waals surface area contributed by atoms with E-state index in [1.54, 1.807) is 18.7 Å². The van der Waals surface area contributed by atoms with Crippen molar-refractivity contribution in [3.8, 4) is 0 Å². The van der Waals surface area contributed by atoms with E-state index in [2.05, 4.69) is 6.07 Å². The molecule has 1 aromatic carbocycles. The molecule has 116 valence electrons. The summed E-state index contributed by atoms with van der Waals surface area (Å²) in [5.74, 6) is -0.136. The molecule has 5 nitrogen and oxygen atoms in total. The van der Waals surface area contributed by atoms with Crippen molar-refractivity contribution in [2.24, 2.45) is 0 Å². The Kier molecular flexibility index (Phi) is 4.68. The van der Waals surface area contributed by atoms with Gasteiger partial charge in [-0.15, -0.1) is 0 Å². The Bertz CT molecular complexity index is 626. The number of hydrogen-bond donors (Lipinski definition) is 0. The average molecular weight is 310 g/mol. The summed E-state index contributed by atoms with van der Waals surface area (Å²) in [5.41, 5.74) is 2.41. The van der Waals surface area contributed by atoms with Gasteiger partial charge in [-0.3, -0.25) is 4.79 Å². The molecule has 0 radical (unpaired) electrons. The fourth-order valence-electron chi connectivity index (χ4n) is 2.62. The van der Waals surface area contributed by atoms with Gasteiger partial charge >= 0.3 is 0 Å². The number of carbonyl (C=O) groups excluding carboxylic acids is 1. The third-order valence-electron chi connectivity index (χ3n) is 3.78. The standard InChI is InChI=1S/C15H22N2O3S/c1-12(2)17(21(3,19)20)11-15(18)16-9-8-13-6-4-5-7-14(13)10-16/h4-7,12H,8-11H2,1-3H3. The second-order valence-corrected chi connectivity index (χ2v) is 7.67. The molecule has 0 atom stereocenters. The van der Waals surface area contributed by atoms with E-state index in [9.17, 15) is 13.2 Å². The molecule has 1 amide bonds. The van der Waals surface area contributed by atoms with Crippen LogP contribution in [0, 0.1) is 0 Å². The van der Waals surface area contributed by atoms with Gasteiger partial charge in [-0.1, -0.05) is 24.3 Å². The van der Waals surface area contributed by atoms with Crippen molar-refractivity contribution < 1.29 is 13.2 Å². The molecule has 0 aliphatic carbocycles. The minimum Gasteiger partial charge on any atom is -0.337 e. The summed E-state index contributed by atoms with van der Waals surface area (Å²) in [6, 6.07) is 7.84. The maximum Gasteiger partial charge on any atom is 0.238 e. The van der Waals surface area contributed by atoms with Crippen LogP contribution in [0.3, 0.4) is 0 Å². The largest absolute Gasteiger partial charge is 0.337 e. The molecule has 0 aromatic heterocycles. The Hall–Kier alpha value is -1.40. The van der Waals surface area contributed by atoms with Gasteiger partial charge in [0.15, 0.2) is 0 Å². The monoisotopic (exact) mass is 310 g/mol. The van der Waals surface area contributed by atoms with Gasteiger partial charge in [0.05, 0.1) is 12.8 Å². The van der Waals surface area contributed by atoms with Crippen LogP contribution in [-0.2, 0) is 27.8 Å². The Morgan fingerprint density at radius 3 is 2.48 bits per heavy atom. The van der Waals surface area contributed by atoms with Crippen molar-refractivity contribution in [1.82, 2.24) is 9.21 Å². The summed E-state index contributed by atoms with van der Waals surface area (Å²) < 4.78 is 24.7. The molecule has 2 rings (SSSR count). The first-order chi connectivity index (χ1) is 9.79. The van der Waals surface area contributed by atoms with Gasteiger partial charge in [0.25, 0.3) is 0 Å². The van der Waals surface area contributed by atoms with E-state index in [1.165, 1.54) is 9.87 Å². The Labute approximate surface area is 126 Å². The van der Waals surface area contributed by atoms with Crippen LogP contribution >= 0.6 is 0 Å². The van der Waals surface area contributed by atoms with Crippen molar-refractivity contribution in [3.05, 3.63) is 35.4 Å². The third-order valence-corrected chi connectivity index (χ3v) is 5.18. The predicted octanol–water partition coefficient (Wildman–Crippen LogP) is 1.24. The molecule has 1 aliphatic rings. The van der Waals surface area contributed by atoms with Crippen molar-refractivity contribution in [2.45, 2.75) is 32.9 Å². The number of nitrogens with zero attached hydrogens (tertiary/aromatic N) is 2. The minimum absolute atomic E-state index is 0.0847. The summed E-state index contributed by atoms with van der Waals surface area (Å²) in [6.45, 7) is 4.68. The maximum atomic E-state index is 12.4. The Balaban J connectivity index is 2.08. The molecule has 0 saturated carbocycles. The van der Waals surface area contributed by atoms with Crippen molar-refractivity contribution in [2.75, 3.05) is 19.3 Å². The molecule has 0 fully saturated rings. The van der Waals surface area contributed by atoms with Crippen LogP contribution in [0.4, 0.5) is 0 Å².